The monoisotopic (exact) mass is 366 g/mol. The maximum absolute atomic E-state index is 11.8. The molecule has 0 saturated heterocycles. The van der Waals surface area contributed by atoms with Gasteiger partial charge < -0.3 is 0 Å². The summed E-state index contributed by atoms with van der Waals surface area (Å²) in [5, 5.41) is 4.84. The van der Waals surface area contributed by atoms with Crippen LogP contribution in [0.25, 0.3) is 5.69 Å². The van der Waals surface area contributed by atoms with Crippen LogP contribution in [-0.2, 0) is 14.5 Å². The SMILES string of the molecule is CC(C)(C)c1nn(-c2ccc(Cl)cc2)c(Cl)c1S(=O)(=O)Cl. The van der Waals surface area contributed by atoms with Crippen molar-refractivity contribution < 1.29 is 8.42 Å². The lowest BCUT2D eigenvalue weighted by atomic mass is 9.92. The maximum atomic E-state index is 11.8. The van der Waals surface area contributed by atoms with Gasteiger partial charge in [-0.3, -0.25) is 0 Å². The average molecular weight is 368 g/mol. The van der Waals surface area contributed by atoms with Gasteiger partial charge in [0.1, 0.15) is 4.90 Å². The molecule has 0 atom stereocenters. The smallest absolute Gasteiger partial charge is 0.220 e. The van der Waals surface area contributed by atoms with Crippen LogP contribution in [0, 0.1) is 0 Å². The Labute approximate surface area is 138 Å². The van der Waals surface area contributed by atoms with Crippen LogP contribution >= 0.6 is 33.9 Å². The molecule has 0 aliphatic carbocycles. The number of benzene rings is 1. The van der Waals surface area contributed by atoms with Gasteiger partial charge in [-0.1, -0.05) is 44.0 Å². The number of aromatic nitrogens is 2. The second-order valence-corrected chi connectivity index (χ2v) is 8.84. The summed E-state index contributed by atoms with van der Waals surface area (Å²) < 4.78 is 25.0. The first-order valence-corrected chi connectivity index (χ1v) is 9.08. The fraction of sp³-hybridized carbons (Fsp3) is 0.308. The third-order valence-corrected chi connectivity index (χ3v) is 4.86. The summed E-state index contributed by atoms with van der Waals surface area (Å²) in [6.07, 6.45) is 0. The highest BCUT2D eigenvalue weighted by atomic mass is 35.7. The largest absolute Gasteiger partial charge is 0.266 e. The lowest BCUT2D eigenvalue weighted by Crippen LogP contribution is -2.15. The summed E-state index contributed by atoms with van der Waals surface area (Å²) in [5.41, 5.74) is 0.387. The molecular weight excluding hydrogens is 355 g/mol. The molecule has 2 rings (SSSR count). The molecule has 0 spiro atoms. The first-order chi connectivity index (χ1) is 9.51. The molecule has 0 saturated carbocycles. The fourth-order valence-corrected chi connectivity index (χ4v) is 3.92. The van der Waals surface area contributed by atoms with Crippen molar-refractivity contribution in [3.05, 3.63) is 40.1 Å². The molecule has 0 radical (unpaired) electrons. The normalized spacial score (nSPS) is 12.7. The van der Waals surface area contributed by atoms with Crippen LogP contribution in [0.5, 0.6) is 0 Å². The molecule has 114 valence electrons. The van der Waals surface area contributed by atoms with E-state index in [1.165, 1.54) is 4.68 Å². The fourth-order valence-electron chi connectivity index (χ4n) is 1.84. The van der Waals surface area contributed by atoms with E-state index < -0.39 is 14.5 Å². The molecule has 0 amide bonds. The van der Waals surface area contributed by atoms with Crippen molar-refractivity contribution >= 4 is 42.9 Å². The first kappa shape index (κ1) is 16.6. The van der Waals surface area contributed by atoms with Crippen LogP contribution in [0.4, 0.5) is 0 Å². The summed E-state index contributed by atoms with van der Waals surface area (Å²) in [5.74, 6) is 0. The van der Waals surface area contributed by atoms with E-state index in [2.05, 4.69) is 5.10 Å². The van der Waals surface area contributed by atoms with Gasteiger partial charge in [0.05, 0.1) is 11.4 Å². The number of rotatable bonds is 2. The van der Waals surface area contributed by atoms with Crippen LogP contribution in [-0.4, -0.2) is 18.2 Å². The lowest BCUT2D eigenvalue weighted by Gasteiger charge is -2.16. The predicted octanol–water partition coefficient (Wildman–Crippen LogP) is 4.40. The number of hydrogen-bond donors (Lipinski definition) is 0. The van der Waals surface area contributed by atoms with Gasteiger partial charge in [-0.15, -0.1) is 0 Å². The van der Waals surface area contributed by atoms with Crippen molar-refractivity contribution in [2.24, 2.45) is 0 Å². The Morgan fingerprint density at radius 3 is 2.00 bits per heavy atom. The molecule has 8 heteroatoms. The van der Waals surface area contributed by atoms with Crippen LogP contribution in [0.2, 0.25) is 10.2 Å². The molecule has 0 fully saturated rings. The first-order valence-electron chi connectivity index (χ1n) is 6.01. The zero-order valence-electron chi connectivity index (χ0n) is 11.6. The van der Waals surface area contributed by atoms with E-state index in [1.807, 2.05) is 20.8 Å². The van der Waals surface area contributed by atoms with Gasteiger partial charge >= 0.3 is 0 Å². The highest BCUT2D eigenvalue weighted by Crippen LogP contribution is 2.36. The Morgan fingerprint density at radius 1 is 1.10 bits per heavy atom. The molecule has 0 aliphatic rings. The van der Waals surface area contributed by atoms with E-state index in [1.54, 1.807) is 24.3 Å². The van der Waals surface area contributed by atoms with Gasteiger partial charge in [0, 0.05) is 21.1 Å². The second kappa shape index (κ2) is 5.47. The summed E-state index contributed by atoms with van der Waals surface area (Å²) in [6.45, 7) is 5.51. The molecule has 21 heavy (non-hydrogen) atoms. The average Bonchev–Trinajstić information content (AvgIpc) is 2.67. The molecular formula is C13H13Cl3N2O2S. The van der Waals surface area contributed by atoms with Crippen molar-refractivity contribution in [3.63, 3.8) is 0 Å². The Bertz CT molecular complexity index is 775. The van der Waals surface area contributed by atoms with Gasteiger partial charge in [-0.05, 0) is 24.3 Å². The Morgan fingerprint density at radius 2 is 1.62 bits per heavy atom. The molecule has 1 aromatic heterocycles. The summed E-state index contributed by atoms with van der Waals surface area (Å²) in [6, 6.07) is 6.72. The van der Waals surface area contributed by atoms with Crippen molar-refractivity contribution in [1.82, 2.24) is 9.78 Å². The highest BCUT2D eigenvalue weighted by Gasteiger charge is 2.33. The highest BCUT2D eigenvalue weighted by molar-refractivity contribution is 8.13. The zero-order valence-corrected chi connectivity index (χ0v) is 14.6. The summed E-state index contributed by atoms with van der Waals surface area (Å²) in [7, 11) is 1.50. The van der Waals surface area contributed by atoms with Crippen LogP contribution in [0.15, 0.2) is 29.2 Å². The topological polar surface area (TPSA) is 52.0 Å². The molecule has 0 unspecified atom stereocenters. The van der Waals surface area contributed by atoms with Crippen LogP contribution in [0.1, 0.15) is 26.5 Å². The summed E-state index contributed by atoms with van der Waals surface area (Å²) >= 11 is 12.0. The molecule has 1 aromatic carbocycles. The van der Waals surface area contributed by atoms with E-state index in [4.69, 9.17) is 33.9 Å². The van der Waals surface area contributed by atoms with Crippen LogP contribution < -0.4 is 0 Å². The minimum atomic E-state index is -4.01. The molecule has 0 bridgehead atoms. The van der Waals surface area contributed by atoms with Gasteiger partial charge in [-0.25, -0.2) is 13.1 Å². The predicted molar refractivity (Wildman–Crippen MR) is 85.3 cm³/mol. The van der Waals surface area contributed by atoms with Gasteiger partial charge in [0.15, 0.2) is 5.15 Å². The van der Waals surface area contributed by atoms with Crippen molar-refractivity contribution in [3.8, 4) is 5.69 Å². The second-order valence-electron chi connectivity index (χ2n) is 5.54. The number of halogens is 3. The Kier molecular flexibility index (Phi) is 4.32. The minimum absolute atomic E-state index is 0.0442. The molecule has 4 nitrogen and oxygen atoms in total. The minimum Gasteiger partial charge on any atom is -0.220 e. The molecule has 2 aromatic rings. The van der Waals surface area contributed by atoms with Gasteiger partial charge in [-0.2, -0.15) is 5.10 Å². The van der Waals surface area contributed by atoms with E-state index in [-0.39, 0.29) is 10.0 Å². The maximum Gasteiger partial charge on any atom is 0.266 e. The van der Waals surface area contributed by atoms with Crippen molar-refractivity contribution in [2.75, 3.05) is 0 Å². The Hall–Kier alpha value is -0.750. The van der Waals surface area contributed by atoms with Gasteiger partial charge in [0.25, 0.3) is 9.05 Å². The molecule has 0 aliphatic heterocycles. The summed E-state index contributed by atoms with van der Waals surface area (Å²) in [4.78, 5) is -0.159. The quantitative estimate of drug-likeness (QED) is 0.739. The van der Waals surface area contributed by atoms with E-state index in [0.29, 0.717) is 16.4 Å². The molecule has 1 heterocycles. The zero-order chi connectivity index (χ0) is 16.0. The van der Waals surface area contributed by atoms with Crippen LogP contribution in [0.3, 0.4) is 0 Å². The number of nitrogens with zero attached hydrogens (tertiary/aromatic N) is 2. The number of hydrogen-bond acceptors (Lipinski definition) is 3. The molecule has 0 N–H and O–H groups in total. The Balaban J connectivity index is 2.76. The van der Waals surface area contributed by atoms with E-state index in [0.717, 1.165) is 0 Å². The van der Waals surface area contributed by atoms with E-state index >= 15 is 0 Å². The standard InChI is InChI=1S/C13H13Cl3N2O2S/c1-13(2,3)11-10(21(16,19)20)12(15)18(17-11)9-6-4-8(14)5-7-9/h4-7H,1-3H3. The van der Waals surface area contributed by atoms with Crippen molar-refractivity contribution in [1.29, 1.82) is 0 Å². The third-order valence-electron chi connectivity index (χ3n) is 2.81. The van der Waals surface area contributed by atoms with E-state index in [9.17, 15) is 8.42 Å². The lowest BCUT2D eigenvalue weighted by molar-refractivity contribution is 0.544. The van der Waals surface area contributed by atoms with Gasteiger partial charge in [0.2, 0.25) is 0 Å². The van der Waals surface area contributed by atoms with Crippen molar-refractivity contribution in [2.45, 2.75) is 31.1 Å². The third kappa shape index (κ3) is 3.37.